The van der Waals surface area contributed by atoms with Crippen LogP contribution in [0, 0.1) is 0 Å². The van der Waals surface area contributed by atoms with Crippen LogP contribution in [0.4, 0.5) is 0 Å². The van der Waals surface area contributed by atoms with Crippen LogP contribution in [0.2, 0.25) is 0 Å². The lowest BCUT2D eigenvalue weighted by molar-refractivity contribution is 0.0955. The highest BCUT2D eigenvalue weighted by Gasteiger charge is 2.12. The van der Waals surface area contributed by atoms with Crippen molar-refractivity contribution in [1.82, 2.24) is 5.43 Å². The van der Waals surface area contributed by atoms with E-state index in [2.05, 4.69) is 58.3 Å². The molecule has 1 N–H and O–H groups in total. The first-order chi connectivity index (χ1) is 18.9. The number of nitrogens with one attached hydrogen (secondary N) is 1. The highest BCUT2D eigenvalue weighted by Crippen LogP contribution is 2.36. The van der Waals surface area contributed by atoms with Crippen LogP contribution in [0.25, 0.3) is 0 Å². The fraction of sp³-hybridized carbons (Fsp3) is 0.133. The minimum absolute atomic E-state index is 0.292. The lowest BCUT2D eigenvalue weighted by Crippen LogP contribution is -2.17. The fourth-order valence-corrected chi connectivity index (χ4v) is 5.26. The smallest absolute Gasteiger partial charge is 0.271 e. The van der Waals surface area contributed by atoms with Crippen LogP contribution in [-0.2, 0) is 13.2 Å². The first-order valence-corrected chi connectivity index (χ1v) is 14.4. The molecule has 0 atom stereocenters. The zero-order valence-corrected chi connectivity index (χ0v) is 25.8. The van der Waals surface area contributed by atoms with Crippen LogP contribution in [0.1, 0.15) is 34.0 Å². The summed E-state index contributed by atoms with van der Waals surface area (Å²) in [4.78, 5) is 12.2. The third kappa shape index (κ3) is 8.42. The first kappa shape index (κ1) is 28.9. The van der Waals surface area contributed by atoms with Crippen molar-refractivity contribution < 1.29 is 19.0 Å². The minimum atomic E-state index is -0.292. The second-order valence-electron chi connectivity index (χ2n) is 8.30. The van der Waals surface area contributed by atoms with Crippen molar-refractivity contribution >= 4 is 59.9 Å². The van der Waals surface area contributed by atoms with Gasteiger partial charge in [0, 0.05) is 10.0 Å². The Hall–Kier alpha value is -3.14. The van der Waals surface area contributed by atoms with Crippen LogP contribution in [0.5, 0.6) is 17.2 Å². The lowest BCUT2D eigenvalue weighted by Gasteiger charge is -2.15. The molecule has 0 radical (unpaired) electrons. The molecule has 0 heterocycles. The van der Waals surface area contributed by atoms with Gasteiger partial charge in [-0.05, 0) is 104 Å². The summed E-state index contributed by atoms with van der Waals surface area (Å²) in [6.07, 6.45) is 1.57. The molecule has 6 nitrogen and oxygen atoms in total. The third-order valence-electron chi connectivity index (χ3n) is 5.44. The molecular weight excluding hydrogens is 692 g/mol. The van der Waals surface area contributed by atoms with E-state index in [1.54, 1.807) is 30.5 Å². The summed E-state index contributed by atoms with van der Waals surface area (Å²) in [6, 6.07) is 26.6. The SMILES string of the molecule is CCOc1cc(COc2c(Br)cc(/C=N/NC(=O)c3ccc(Br)cc3)cc2Br)ccc1OCc1ccccc1. The van der Waals surface area contributed by atoms with Crippen molar-refractivity contribution in [2.24, 2.45) is 5.10 Å². The number of carbonyl (C=O) groups excluding carboxylic acids is 1. The molecule has 4 aromatic carbocycles. The van der Waals surface area contributed by atoms with E-state index < -0.39 is 0 Å². The van der Waals surface area contributed by atoms with Gasteiger partial charge in [-0.2, -0.15) is 5.10 Å². The zero-order valence-electron chi connectivity index (χ0n) is 21.0. The molecule has 0 aliphatic carbocycles. The second-order valence-corrected chi connectivity index (χ2v) is 10.9. The summed E-state index contributed by atoms with van der Waals surface area (Å²) in [7, 11) is 0. The Bertz CT molecular complexity index is 1420. The Balaban J connectivity index is 1.38. The number of hydrogen-bond acceptors (Lipinski definition) is 5. The topological polar surface area (TPSA) is 69.2 Å². The van der Waals surface area contributed by atoms with Gasteiger partial charge in [-0.3, -0.25) is 4.79 Å². The zero-order chi connectivity index (χ0) is 27.6. The Morgan fingerprint density at radius 1 is 0.795 bits per heavy atom. The van der Waals surface area contributed by atoms with Gasteiger partial charge in [0.2, 0.25) is 0 Å². The maximum absolute atomic E-state index is 12.2. The number of rotatable bonds is 11. The summed E-state index contributed by atoms with van der Waals surface area (Å²) in [5.41, 5.74) is 5.85. The first-order valence-electron chi connectivity index (χ1n) is 12.1. The number of halogens is 3. The summed E-state index contributed by atoms with van der Waals surface area (Å²) in [6.45, 7) is 3.25. The normalized spacial score (nSPS) is 10.9. The predicted molar refractivity (Wildman–Crippen MR) is 164 cm³/mol. The minimum Gasteiger partial charge on any atom is -0.490 e. The van der Waals surface area contributed by atoms with Gasteiger partial charge in [0.05, 0.1) is 21.8 Å². The monoisotopic (exact) mass is 714 g/mol. The molecule has 4 aromatic rings. The molecule has 1 amide bonds. The van der Waals surface area contributed by atoms with Crippen molar-refractivity contribution in [3.8, 4) is 17.2 Å². The van der Waals surface area contributed by atoms with Crippen molar-refractivity contribution in [1.29, 1.82) is 0 Å². The Kier molecular flexibility index (Phi) is 10.6. The van der Waals surface area contributed by atoms with E-state index in [4.69, 9.17) is 14.2 Å². The molecule has 0 aliphatic heterocycles. The number of hydrogen-bond donors (Lipinski definition) is 1. The lowest BCUT2D eigenvalue weighted by atomic mass is 10.2. The van der Waals surface area contributed by atoms with E-state index in [0.29, 0.717) is 42.6 Å². The maximum atomic E-state index is 12.2. The molecule has 0 saturated heterocycles. The van der Waals surface area contributed by atoms with Crippen molar-refractivity contribution in [2.75, 3.05) is 6.61 Å². The van der Waals surface area contributed by atoms with E-state index in [-0.39, 0.29) is 5.91 Å². The van der Waals surface area contributed by atoms with Gasteiger partial charge in [-0.1, -0.05) is 52.3 Å². The van der Waals surface area contributed by atoms with Crippen LogP contribution in [-0.4, -0.2) is 18.7 Å². The molecule has 200 valence electrons. The summed E-state index contributed by atoms with van der Waals surface area (Å²) < 4.78 is 20.3. The highest BCUT2D eigenvalue weighted by atomic mass is 79.9. The number of carbonyl (C=O) groups is 1. The van der Waals surface area contributed by atoms with E-state index in [9.17, 15) is 4.79 Å². The highest BCUT2D eigenvalue weighted by molar-refractivity contribution is 9.11. The van der Waals surface area contributed by atoms with E-state index >= 15 is 0 Å². The standard InChI is InChI=1S/C30H25Br3N2O4/c1-2-37-28-16-21(8-13-27(28)38-18-20-6-4-3-5-7-20)19-39-29-25(32)14-22(15-26(29)33)17-34-35-30(36)23-9-11-24(31)12-10-23/h3-17H,2,18-19H2,1H3,(H,35,36)/b34-17+. The molecule has 0 fully saturated rings. The fourth-order valence-electron chi connectivity index (χ4n) is 3.54. The average Bonchev–Trinajstić information content (AvgIpc) is 2.93. The van der Waals surface area contributed by atoms with Crippen LogP contribution < -0.4 is 19.6 Å². The molecule has 9 heteroatoms. The van der Waals surface area contributed by atoms with Crippen molar-refractivity contribution in [2.45, 2.75) is 20.1 Å². The van der Waals surface area contributed by atoms with Crippen molar-refractivity contribution in [3.63, 3.8) is 0 Å². The molecule has 0 bridgehead atoms. The second kappa shape index (κ2) is 14.3. The number of benzene rings is 4. The van der Waals surface area contributed by atoms with Gasteiger partial charge in [0.1, 0.15) is 19.0 Å². The number of nitrogens with zero attached hydrogens (tertiary/aromatic N) is 1. The van der Waals surface area contributed by atoms with Gasteiger partial charge in [0.15, 0.2) is 11.5 Å². The van der Waals surface area contributed by atoms with Crippen molar-refractivity contribution in [3.05, 3.63) is 121 Å². The quantitative estimate of drug-likeness (QED) is 0.125. The van der Waals surface area contributed by atoms with E-state index in [0.717, 1.165) is 30.1 Å². The molecular formula is C30H25Br3N2O4. The van der Waals surface area contributed by atoms with E-state index in [1.165, 1.54) is 0 Å². The summed E-state index contributed by atoms with van der Waals surface area (Å²) >= 11 is 10.5. The molecule has 39 heavy (non-hydrogen) atoms. The van der Waals surface area contributed by atoms with Crippen LogP contribution in [0.3, 0.4) is 0 Å². The molecule has 0 spiro atoms. The average molecular weight is 717 g/mol. The number of amides is 1. The Morgan fingerprint density at radius 3 is 2.18 bits per heavy atom. The van der Waals surface area contributed by atoms with Crippen LogP contribution >= 0.6 is 47.8 Å². The number of hydrazone groups is 1. The summed E-state index contributed by atoms with van der Waals surface area (Å²) in [5.74, 6) is 1.71. The van der Waals surface area contributed by atoms with Gasteiger partial charge in [-0.15, -0.1) is 0 Å². The van der Waals surface area contributed by atoms with Gasteiger partial charge in [-0.25, -0.2) is 5.43 Å². The van der Waals surface area contributed by atoms with Gasteiger partial charge < -0.3 is 14.2 Å². The van der Waals surface area contributed by atoms with Gasteiger partial charge >= 0.3 is 0 Å². The Labute approximate surface area is 252 Å². The molecule has 0 saturated carbocycles. The number of ether oxygens (including phenoxy) is 3. The van der Waals surface area contributed by atoms with E-state index in [1.807, 2.05) is 67.6 Å². The Morgan fingerprint density at radius 2 is 1.49 bits per heavy atom. The van der Waals surface area contributed by atoms with Gasteiger partial charge in [0.25, 0.3) is 5.91 Å². The molecule has 0 unspecified atom stereocenters. The summed E-state index contributed by atoms with van der Waals surface area (Å²) in [5, 5.41) is 4.07. The predicted octanol–water partition coefficient (Wildman–Crippen LogP) is 8.29. The molecule has 0 aliphatic rings. The molecule has 4 rings (SSSR count). The molecule has 0 aromatic heterocycles. The largest absolute Gasteiger partial charge is 0.490 e. The van der Waals surface area contributed by atoms with Crippen LogP contribution in [0.15, 0.2) is 103 Å². The third-order valence-corrected chi connectivity index (χ3v) is 7.14. The maximum Gasteiger partial charge on any atom is 0.271 e.